The van der Waals surface area contributed by atoms with Crippen LogP contribution < -0.4 is 15.8 Å². The standard InChI is InChI=1S/C24H21F2N7O3S/c1-33-19-11(10-28-33)4-16(18(27)34)21(30-19)36-14-8-24(9-14)6-13(7-24)29-20(35)23-32-31-22(37-23)15-3-2-12(25)5-17(15)26/h2-5,10,13-14H,6-9H2,1H3,(H2,27,34)(H,29,35)/t13-,14-,24?. The molecule has 2 fully saturated rings. The Morgan fingerprint density at radius 2 is 1.97 bits per heavy atom. The molecule has 0 radical (unpaired) electrons. The molecule has 0 saturated heterocycles. The van der Waals surface area contributed by atoms with E-state index < -0.39 is 17.5 Å². The van der Waals surface area contributed by atoms with Gasteiger partial charge in [0, 0.05) is 30.1 Å². The minimum absolute atomic E-state index is 0.0199. The number of rotatable bonds is 6. The van der Waals surface area contributed by atoms with Crippen LogP contribution in [0.1, 0.15) is 45.8 Å². The number of nitrogens with zero attached hydrogens (tertiary/aromatic N) is 5. The van der Waals surface area contributed by atoms with E-state index >= 15 is 0 Å². The Labute approximate surface area is 212 Å². The molecule has 0 unspecified atom stereocenters. The highest BCUT2D eigenvalue weighted by Gasteiger charge is 2.54. The van der Waals surface area contributed by atoms with Gasteiger partial charge in [0.15, 0.2) is 10.7 Å². The first-order valence-electron chi connectivity index (χ1n) is 11.6. The van der Waals surface area contributed by atoms with Crippen LogP contribution in [0.3, 0.4) is 0 Å². The van der Waals surface area contributed by atoms with Crippen LogP contribution in [0.25, 0.3) is 21.6 Å². The molecule has 0 atom stereocenters. The zero-order valence-corrected chi connectivity index (χ0v) is 20.4. The third kappa shape index (κ3) is 4.18. The van der Waals surface area contributed by atoms with Gasteiger partial charge in [-0.3, -0.25) is 14.3 Å². The first-order chi connectivity index (χ1) is 17.7. The van der Waals surface area contributed by atoms with Crippen LogP contribution in [0.2, 0.25) is 0 Å². The van der Waals surface area contributed by atoms with Gasteiger partial charge in [-0.05, 0) is 49.3 Å². The Hall–Kier alpha value is -4.00. The molecule has 3 aromatic heterocycles. The molecule has 6 rings (SSSR count). The van der Waals surface area contributed by atoms with E-state index in [9.17, 15) is 18.4 Å². The summed E-state index contributed by atoms with van der Waals surface area (Å²) >= 11 is 0.950. The van der Waals surface area contributed by atoms with Crippen LogP contribution in [0.4, 0.5) is 8.78 Å². The number of pyridine rings is 1. The summed E-state index contributed by atoms with van der Waals surface area (Å²) in [5.41, 5.74) is 6.51. The smallest absolute Gasteiger partial charge is 0.282 e. The molecule has 4 aromatic rings. The van der Waals surface area contributed by atoms with Crippen molar-refractivity contribution in [3.63, 3.8) is 0 Å². The number of aromatic nitrogens is 5. The molecule has 2 saturated carbocycles. The van der Waals surface area contributed by atoms with E-state index in [1.54, 1.807) is 24.0 Å². The second-order valence-corrected chi connectivity index (χ2v) is 10.6. The van der Waals surface area contributed by atoms with Crippen molar-refractivity contribution in [2.45, 2.75) is 37.8 Å². The van der Waals surface area contributed by atoms with E-state index in [4.69, 9.17) is 10.5 Å². The van der Waals surface area contributed by atoms with E-state index in [0.717, 1.165) is 49.2 Å². The minimum Gasteiger partial charge on any atom is -0.474 e. The summed E-state index contributed by atoms with van der Waals surface area (Å²) in [5, 5.41) is 15.9. The molecule has 1 spiro atoms. The van der Waals surface area contributed by atoms with Gasteiger partial charge in [0.05, 0.1) is 6.20 Å². The highest BCUT2D eigenvalue weighted by molar-refractivity contribution is 7.16. The molecule has 13 heteroatoms. The summed E-state index contributed by atoms with van der Waals surface area (Å²) in [4.78, 5) is 29.0. The molecule has 37 heavy (non-hydrogen) atoms. The Morgan fingerprint density at radius 1 is 1.19 bits per heavy atom. The predicted octanol–water partition coefficient (Wildman–Crippen LogP) is 2.98. The molecule has 10 nitrogen and oxygen atoms in total. The van der Waals surface area contributed by atoms with Crippen LogP contribution in [0, 0.1) is 17.0 Å². The van der Waals surface area contributed by atoms with Crippen LogP contribution >= 0.6 is 11.3 Å². The molecule has 0 bridgehead atoms. The number of aryl methyl sites for hydroxylation is 1. The summed E-state index contributed by atoms with van der Waals surface area (Å²) < 4.78 is 34.8. The lowest BCUT2D eigenvalue weighted by Crippen LogP contribution is -2.58. The number of nitrogens with one attached hydrogen (secondary N) is 1. The number of carbonyl (C=O) groups excluding carboxylic acids is 2. The lowest BCUT2D eigenvalue weighted by Gasteiger charge is -2.57. The number of hydrogen-bond donors (Lipinski definition) is 2. The highest BCUT2D eigenvalue weighted by atomic mass is 32.1. The lowest BCUT2D eigenvalue weighted by molar-refractivity contribution is -0.0847. The fraction of sp³-hybridized carbons (Fsp3) is 0.333. The first-order valence-corrected chi connectivity index (χ1v) is 12.4. The number of amides is 2. The van der Waals surface area contributed by atoms with Gasteiger partial charge in [0.1, 0.15) is 23.3 Å². The number of fused-ring (bicyclic) bond motifs is 1. The highest BCUT2D eigenvalue weighted by Crippen LogP contribution is 2.57. The maximum atomic E-state index is 14.0. The van der Waals surface area contributed by atoms with Gasteiger partial charge < -0.3 is 15.8 Å². The zero-order chi connectivity index (χ0) is 25.9. The summed E-state index contributed by atoms with van der Waals surface area (Å²) in [6, 6.07) is 4.79. The Kier molecular flexibility index (Phi) is 5.40. The van der Waals surface area contributed by atoms with Crippen molar-refractivity contribution in [1.29, 1.82) is 0 Å². The van der Waals surface area contributed by atoms with Crippen molar-refractivity contribution in [2.24, 2.45) is 18.2 Å². The van der Waals surface area contributed by atoms with E-state index in [0.29, 0.717) is 11.0 Å². The number of nitrogens with two attached hydrogens (primary N) is 1. The number of carbonyl (C=O) groups is 2. The van der Waals surface area contributed by atoms with E-state index in [2.05, 4.69) is 25.6 Å². The van der Waals surface area contributed by atoms with E-state index in [-0.39, 0.29) is 50.5 Å². The average Bonchev–Trinajstić information content (AvgIpc) is 3.43. The van der Waals surface area contributed by atoms with Gasteiger partial charge in [0.2, 0.25) is 10.9 Å². The summed E-state index contributed by atoms with van der Waals surface area (Å²) in [6.45, 7) is 0. The SMILES string of the molecule is Cn1ncc2cc(C(N)=O)c(O[C@H]3CC4(C[C@H](NC(=O)c5nnc(-c6ccc(F)cc6F)s5)C4)C3)nc21. The fourth-order valence-corrected chi connectivity index (χ4v) is 6.00. The maximum Gasteiger partial charge on any atom is 0.282 e. The first kappa shape index (κ1) is 23.4. The topological polar surface area (TPSA) is 138 Å². The monoisotopic (exact) mass is 525 g/mol. The van der Waals surface area contributed by atoms with Crippen molar-refractivity contribution >= 4 is 34.2 Å². The minimum atomic E-state index is -0.760. The molecular weight excluding hydrogens is 504 g/mol. The predicted molar refractivity (Wildman–Crippen MR) is 129 cm³/mol. The second-order valence-electron chi connectivity index (χ2n) is 9.65. The average molecular weight is 526 g/mol. The molecule has 1 aromatic carbocycles. The van der Waals surface area contributed by atoms with Gasteiger partial charge >= 0.3 is 0 Å². The van der Waals surface area contributed by atoms with Gasteiger partial charge in [-0.25, -0.2) is 8.78 Å². The summed E-state index contributed by atoms with van der Waals surface area (Å²) in [7, 11) is 1.76. The Morgan fingerprint density at radius 3 is 2.70 bits per heavy atom. The third-order valence-corrected chi connectivity index (χ3v) is 7.97. The number of primary amides is 1. The molecule has 2 aliphatic rings. The summed E-state index contributed by atoms with van der Waals surface area (Å²) in [5.74, 6) is -2.24. The lowest BCUT2D eigenvalue weighted by atomic mass is 9.53. The quantitative estimate of drug-likeness (QED) is 0.395. The number of hydrogen-bond acceptors (Lipinski definition) is 8. The van der Waals surface area contributed by atoms with Gasteiger partial charge in [-0.15, -0.1) is 10.2 Å². The molecular formula is C24H21F2N7O3S. The molecule has 2 aliphatic carbocycles. The van der Waals surface area contributed by atoms with Crippen molar-refractivity contribution in [2.75, 3.05) is 0 Å². The van der Waals surface area contributed by atoms with Crippen LogP contribution in [-0.2, 0) is 7.05 Å². The maximum absolute atomic E-state index is 14.0. The van der Waals surface area contributed by atoms with Gasteiger partial charge in [-0.1, -0.05) is 11.3 Å². The van der Waals surface area contributed by atoms with Gasteiger partial charge in [-0.2, -0.15) is 10.1 Å². The van der Waals surface area contributed by atoms with Crippen molar-refractivity contribution in [1.82, 2.24) is 30.3 Å². The van der Waals surface area contributed by atoms with Crippen molar-refractivity contribution < 1.29 is 23.1 Å². The van der Waals surface area contributed by atoms with Crippen LogP contribution in [0.15, 0.2) is 30.5 Å². The molecule has 3 heterocycles. The number of ether oxygens (including phenoxy) is 1. The molecule has 0 aliphatic heterocycles. The van der Waals surface area contributed by atoms with E-state index in [1.807, 2.05) is 0 Å². The molecule has 190 valence electrons. The number of halogens is 2. The van der Waals surface area contributed by atoms with Gasteiger partial charge in [0.25, 0.3) is 11.8 Å². The molecule has 2 amide bonds. The second kappa shape index (κ2) is 8.54. The summed E-state index contributed by atoms with van der Waals surface area (Å²) in [6.07, 6.45) is 4.62. The van der Waals surface area contributed by atoms with Crippen LogP contribution in [-0.4, -0.2) is 48.9 Å². The largest absolute Gasteiger partial charge is 0.474 e. The third-order valence-electron chi connectivity index (χ3n) is 7.01. The zero-order valence-electron chi connectivity index (χ0n) is 19.6. The Balaban J connectivity index is 1.04. The van der Waals surface area contributed by atoms with Crippen molar-refractivity contribution in [3.05, 3.63) is 52.7 Å². The van der Waals surface area contributed by atoms with E-state index in [1.165, 1.54) is 6.07 Å². The molecule has 3 N–H and O–H groups in total. The fourth-order valence-electron chi connectivity index (χ4n) is 5.23. The van der Waals surface area contributed by atoms with Crippen molar-refractivity contribution in [3.8, 4) is 16.5 Å². The Bertz CT molecular complexity index is 1560. The number of benzene rings is 1. The normalized spacial score (nSPS) is 22.5. The van der Waals surface area contributed by atoms with Crippen LogP contribution in [0.5, 0.6) is 5.88 Å².